The number of anilines is 5. The summed E-state index contributed by atoms with van der Waals surface area (Å²) in [5, 5.41) is 3.73. The van der Waals surface area contributed by atoms with Crippen LogP contribution in [0.4, 0.5) is 33.2 Å². The van der Waals surface area contributed by atoms with Crippen molar-refractivity contribution in [3.05, 3.63) is 64.0 Å². The number of rotatable bonds is 4. The quantitative estimate of drug-likeness (QED) is 0.529. The number of para-hydroxylation sites is 1. The Labute approximate surface area is 223 Å². The Kier molecular flexibility index (Phi) is 6.10. The van der Waals surface area contributed by atoms with Gasteiger partial charge < -0.3 is 15.1 Å². The highest BCUT2D eigenvalue weighted by Crippen LogP contribution is 2.39. The summed E-state index contributed by atoms with van der Waals surface area (Å²) in [6.45, 7) is 4.34. The van der Waals surface area contributed by atoms with Crippen LogP contribution in [0.2, 0.25) is 10.0 Å². The fraction of sp³-hybridized carbons (Fsp3) is 0.280. The van der Waals surface area contributed by atoms with Crippen molar-refractivity contribution in [1.29, 1.82) is 0 Å². The maximum absolute atomic E-state index is 15.0. The molecule has 2 aromatic carbocycles. The molecule has 0 spiro atoms. The van der Waals surface area contributed by atoms with E-state index in [0.717, 1.165) is 26.2 Å². The lowest BCUT2D eigenvalue weighted by Crippen LogP contribution is -2.51. The molecule has 4 heterocycles. The summed E-state index contributed by atoms with van der Waals surface area (Å²) in [4.78, 5) is 34.5. The molecule has 1 fully saturated rings. The molecule has 0 bridgehead atoms. The Hall–Kier alpha value is -3.47. The molecule has 6 rings (SSSR count). The normalized spacial score (nSPS) is 17.6. The molecular weight excluding hydrogens is 518 g/mol. The predicted molar refractivity (Wildman–Crippen MR) is 144 cm³/mol. The van der Waals surface area contributed by atoms with Gasteiger partial charge in [-0.25, -0.2) is 14.3 Å². The Bertz CT molecular complexity index is 1410. The summed E-state index contributed by atoms with van der Waals surface area (Å²) in [5.74, 6) is 0.376. The van der Waals surface area contributed by atoms with Crippen molar-refractivity contribution in [2.24, 2.45) is 4.99 Å². The number of carbonyl (C=O) groups excluding carboxylic acids is 1. The second-order valence-corrected chi connectivity index (χ2v) is 9.87. The van der Waals surface area contributed by atoms with Gasteiger partial charge in [0.25, 0.3) is 5.91 Å². The van der Waals surface area contributed by atoms with Crippen molar-refractivity contribution in [2.75, 3.05) is 66.3 Å². The van der Waals surface area contributed by atoms with E-state index in [9.17, 15) is 9.18 Å². The number of halogens is 3. The summed E-state index contributed by atoms with van der Waals surface area (Å²) in [6, 6.07) is 10.1. The number of likely N-dealkylation sites (N-methyl/N-ethyl adjacent to an activating group) is 1. The fourth-order valence-electron chi connectivity index (χ4n) is 4.75. The minimum atomic E-state index is -0.379. The molecule has 1 amide bonds. The van der Waals surface area contributed by atoms with Crippen molar-refractivity contribution < 1.29 is 9.18 Å². The van der Waals surface area contributed by atoms with Gasteiger partial charge in [-0.15, -0.1) is 0 Å². The highest BCUT2D eigenvalue weighted by atomic mass is 35.5. The van der Waals surface area contributed by atoms with Crippen molar-refractivity contribution in [1.82, 2.24) is 14.9 Å². The Morgan fingerprint density at radius 2 is 1.78 bits per heavy atom. The summed E-state index contributed by atoms with van der Waals surface area (Å²) >= 11 is 12.8. The number of guanidine groups is 1. The second kappa shape index (κ2) is 9.44. The lowest BCUT2D eigenvalue weighted by Gasteiger charge is -2.35. The first kappa shape index (κ1) is 23.9. The van der Waals surface area contributed by atoms with E-state index in [0.29, 0.717) is 57.5 Å². The van der Waals surface area contributed by atoms with Gasteiger partial charge in [-0.05, 0) is 37.4 Å². The minimum absolute atomic E-state index is 0.244. The van der Waals surface area contributed by atoms with Crippen molar-refractivity contribution >= 4 is 63.9 Å². The number of nitrogens with one attached hydrogen (secondary N) is 1. The van der Waals surface area contributed by atoms with Crippen molar-refractivity contribution in [3.8, 4) is 0 Å². The Balaban J connectivity index is 1.29. The average Bonchev–Trinajstić information content (AvgIpc) is 3.36. The molecule has 37 heavy (non-hydrogen) atoms. The predicted octanol–water partition coefficient (Wildman–Crippen LogP) is 4.25. The molecule has 3 aliphatic heterocycles. The molecule has 3 aliphatic rings. The standard InChI is InChI=1S/C25H23Cl2FN8O/c1-33-9-11-34(12-10-33)20-6-5-15(13-19(20)28)31-24-30-14-16-22(32-24)35-8-7-29-25(35)36(23(16)37)21-17(26)3-2-4-18(21)27/h2-6,13-14H,7-12H2,1H3,(H,30,31,32). The van der Waals surface area contributed by atoms with E-state index in [2.05, 4.69) is 32.2 Å². The van der Waals surface area contributed by atoms with E-state index < -0.39 is 0 Å². The molecule has 190 valence electrons. The number of benzene rings is 2. The first-order valence-electron chi connectivity index (χ1n) is 11.9. The molecule has 3 aromatic rings. The number of aromatic nitrogens is 2. The van der Waals surface area contributed by atoms with Gasteiger partial charge in [-0.1, -0.05) is 29.3 Å². The molecule has 1 aromatic heterocycles. The molecule has 1 saturated heterocycles. The number of nitrogens with zero attached hydrogens (tertiary/aromatic N) is 7. The van der Waals surface area contributed by atoms with Crippen LogP contribution >= 0.6 is 23.2 Å². The summed E-state index contributed by atoms with van der Waals surface area (Å²) < 4.78 is 15.0. The van der Waals surface area contributed by atoms with Gasteiger partial charge in [0.05, 0.1) is 28.0 Å². The van der Waals surface area contributed by atoms with E-state index in [1.54, 1.807) is 30.3 Å². The molecule has 0 radical (unpaired) electrons. The van der Waals surface area contributed by atoms with Gasteiger partial charge in [0.15, 0.2) is 5.82 Å². The van der Waals surface area contributed by atoms with Crippen LogP contribution in [0.3, 0.4) is 0 Å². The molecule has 0 aliphatic carbocycles. The molecule has 12 heteroatoms. The zero-order chi connectivity index (χ0) is 25.7. The van der Waals surface area contributed by atoms with Gasteiger partial charge in [0, 0.05) is 44.6 Å². The van der Waals surface area contributed by atoms with E-state index in [1.807, 2.05) is 9.80 Å². The van der Waals surface area contributed by atoms with Crippen LogP contribution < -0.4 is 20.0 Å². The molecule has 1 N–H and O–H groups in total. The topological polar surface area (TPSA) is 80.2 Å². The SMILES string of the molecule is CN1CCN(c2ccc(Nc3ncc4c(n3)N3CCN=C3N(c3c(Cl)cccc3Cl)C4=O)cc2F)CC1. The van der Waals surface area contributed by atoms with Gasteiger partial charge in [0.1, 0.15) is 11.4 Å². The monoisotopic (exact) mass is 540 g/mol. The molecule has 0 saturated carbocycles. The number of aliphatic imine (C=N–C) groups is 1. The maximum atomic E-state index is 15.0. The number of fused-ring (bicyclic) bond motifs is 3. The molecule has 9 nitrogen and oxygen atoms in total. The summed E-state index contributed by atoms with van der Waals surface area (Å²) in [7, 11) is 2.06. The van der Waals surface area contributed by atoms with Gasteiger partial charge in [0.2, 0.25) is 11.9 Å². The second-order valence-electron chi connectivity index (χ2n) is 9.06. The van der Waals surface area contributed by atoms with Crippen LogP contribution in [0.5, 0.6) is 0 Å². The van der Waals surface area contributed by atoms with Crippen LogP contribution in [-0.2, 0) is 0 Å². The number of hydrogen-bond acceptors (Lipinski definition) is 8. The third-order valence-corrected chi connectivity index (χ3v) is 7.29. The summed E-state index contributed by atoms with van der Waals surface area (Å²) in [5.41, 5.74) is 1.74. The lowest BCUT2D eigenvalue weighted by atomic mass is 10.1. The van der Waals surface area contributed by atoms with E-state index in [1.165, 1.54) is 17.2 Å². The molecular formula is C25H23Cl2FN8O. The highest BCUT2D eigenvalue weighted by Gasteiger charge is 2.41. The maximum Gasteiger partial charge on any atom is 0.270 e. The first-order chi connectivity index (χ1) is 17.9. The fourth-order valence-corrected chi connectivity index (χ4v) is 5.32. The van der Waals surface area contributed by atoms with Crippen LogP contribution in [0, 0.1) is 5.82 Å². The third-order valence-electron chi connectivity index (χ3n) is 6.69. The van der Waals surface area contributed by atoms with Gasteiger partial charge in [-0.2, -0.15) is 4.98 Å². The van der Waals surface area contributed by atoms with E-state index in [4.69, 9.17) is 23.2 Å². The van der Waals surface area contributed by atoms with Crippen LogP contribution in [0.1, 0.15) is 10.4 Å². The number of amides is 1. The summed E-state index contributed by atoms with van der Waals surface area (Å²) in [6.07, 6.45) is 1.45. The van der Waals surface area contributed by atoms with Crippen LogP contribution in [-0.4, -0.2) is 73.1 Å². The van der Waals surface area contributed by atoms with Crippen molar-refractivity contribution in [2.45, 2.75) is 0 Å². The van der Waals surface area contributed by atoms with E-state index >= 15 is 0 Å². The number of hydrogen-bond donors (Lipinski definition) is 1. The Morgan fingerprint density at radius 1 is 1.03 bits per heavy atom. The van der Waals surface area contributed by atoms with Crippen molar-refractivity contribution in [3.63, 3.8) is 0 Å². The van der Waals surface area contributed by atoms with Gasteiger partial charge in [-0.3, -0.25) is 14.7 Å². The smallest absolute Gasteiger partial charge is 0.270 e. The Morgan fingerprint density at radius 3 is 2.51 bits per heavy atom. The van der Waals surface area contributed by atoms with Crippen LogP contribution in [0.25, 0.3) is 0 Å². The highest BCUT2D eigenvalue weighted by molar-refractivity contribution is 6.43. The molecule has 0 unspecified atom stereocenters. The third kappa shape index (κ3) is 4.24. The number of carbonyl (C=O) groups is 1. The zero-order valence-electron chi connectivity index (χ0n) is 20.0. The van der Waals surface area contributed by atoms with Gasteiger partial charge >= 0.3 is 0 Å². The molecule has 0 atom stereocenters. The lowest BCUT2D eigenvalue weighted by molar-refractivity contribution is 0.1000. The van der Waals surface area contributed by atoms with E-state index in [-0.39, 0.29) is 17.7 Å². The minimum Gasteiger partial charge on any atom is -0.367 e. The largest absolute Gasteiger partial charge is 0.367 e. The average molecular weight is 541 g/mol. The van der Waals surface area contributed by atoms with Crippen LogP contribution in [0.15, 0.2) is 47.6 Å². The first-order valence-corrected chi connectivity index (χ1v) is 12.6. The zero-order valence-corrected chi connectivity index (χ0v) is 21.5. The number of piperazine rings is 1.